The van der Waals surface area contributed by atoms with Crippen LogP contribution in [-0.4, -0.2) is 5.85 Å². The van der Waals surface area contributed by atoms with E-state index in [-0.39, 0.29) is 6.42 Å². The van der Waals surface area contributed by atoms with Gasteiger partial charge in [0.05, 0.1) is 10.2 Å². The number of rotatable bonds is 6. The molecule has 0 bridgehead atoms. The van der Waals surface area contributed by atoms with Crippen LogP contribution in [0.5, 0.6) is 0 Å². The van der Waals surface area contributed by atoms with Gasteiger partial charge in [0.25, 0.3) is 0 Å². The standard InChI is InChI=1S/C6H15ClN2O4/c1-2-3-4-5-6(8,9)13-7(10,11)12/h2-5,8-9H2,1H3. The first kappa shape index (κ1) is 13.1. The molecule has 0 radical (unpaired) electrons. The third-order valence-corrected chi connectivity index (χ3v) is 1.89. The molecule has 4 N–H and O–H groups in total. The van der Waals surface area contributed by atoms with E-state index >= 15 is 0 Å². The van der Waals surface area contributed by atoms with Crippen LogP contribution in [0.15, 0.2) is 0 Å². The molecule has 0 unspecified atom stereocenters. The molecule has 0 aliphatic heterocycles. The van der Waals surface area contributed by atoms with Gasteiger partial charge in [-0.2, -0.15) is 14.0 Å². The van der Waals surface area contributed by atoms with Crippen molar-refractivity contribution in [3.63, 3.8) is 0 Å². The molecule has 0 fully saturated rings. The lowest BCUT2D eigenvalue weighted by Gasteiger charge is -2.22. The van der Waals surface area contributed by atoms with Crippen molar-refractivity contribution in [2.24, 2.45) is 11.5 Å². The Labute approximate surface area is 79.2 Å². The first-order chi connectivity index (χ1) is 5.77. The molecule has 6 nitrogen and oxygen atoms in total. The second kappa shape index (κ2) is 5.06. The molecular formula is C6H15ClN2O4. The number of unbranched alkanes of at least 4 members (excludes halogenated alkanes) is 2. The average Bonchev–Trinajstić information content (AvgIpc) is 1.81. The zero-order valence-electron chi connectivity index (χ0n) is 7.49. The highest BCUT2D eigenvalue weighted by atomic mass is 35.7. The normalized spacial score (nSPS) is 13.4. The highest BCUT2D eigenvalue weighted by molar-refractivity contribution is 4.61. The van der Waals surface area contributed by atoms with Crippen molar-refractivity contribution in [2.45, 2.75) is 38.5 Å². The van der Waals surface area contributed by atoms with E-state index < -0.39 is 16.1 Å². The lowest BCUT2D eigenvalue weighted by Crippen LogP contribution is -2.68. The fraction of sp³-hybridized carbons (Fsp3) is 1.00. The first-order valence-electron chi connectivity index (χ1n) is 3.96. The zero-order valence-corrected chi connectivity index (χ0v) is 8.25. The van der Waals surface area contributed by atoms with Gasteiger partial charge < -0.3 is 0 Å². The number of hydrogen-bond acceptors (Lipinski definition) is 6. The summed E-state index contributed by atoms with van der Waals surface area (Å²) in [5.74, 6) is -1.88. The predicted octanol–water partition coefficient (Wildman–Crippen LogP) is -2.95. The second-order valence-corrected chi connectivity index (χ2v) is 3.78. The van der Waals surface area contributed by atoms with Crippen molar-refractivity contribution in [3.8, 4) is 0 Å². The molecule has 0 rings (SSSR count). The zero-order chi connectivity index (χ0) is 10.5. The molecule has 7 heteroatoms. The van der Waals surface area contributed by atoms with Crippen LogP contribution in [0, 0.1) is 10.2 Å². The Kier molecular flexibility index (Phi) is 5.08. The van der Waals surface area contributed by atoms with Crippen molar-refractivity contribution < 1.29 is 28.5 Å². The molecular weight excluding hydrogens is 200 g/mol. The molecule has 0 amide bonds. The van der Waals surface area contributed by atoms with E-state index in [0.717, 1.165) is 12.8 Å². The van der Waals surface area contributed by atoms with Crippen LogP contribution in [0.25, 0.3) is 0 Å². The molecule has 0 aromatic rings. The van der Waals surface area contributed by atoms with Crippen molar-refractivity contribution in [1.82, 2.24) is 0 Å². The van der Waals surface area contributed by atoms with Crippen LogP contribution in [-0.2, 0) is 4.29 Å². The van der Waals surface area contributed by atoms with E-state index in [1.807, 2.05) is 6.92 Å². The SMILES string of the molecule is CCCCCC(N)(N)O[Cl+3]([O-])([O-])[O-]. The summed E-state index contributed by atoms with van der Waals surface area (Å²) in [4.78, 5) is 0. The van der Waals surface area contributed by atoms with Gasteiger partial charge in [0.15, 0.2) is 0 Å². The fourth-order valence-corrected chi connectivity index (χ4v) is 1.29. The van der Waals surface area contributed by atoms with Crippen LogP contribution < -0.4 is 25.4 Å². The van der Waals surface area contributed by atoms with Gasteiger partial charge in [-0.15, -0.1) is 0 Å². The summed E-state index contributed by atoms with van der Waals surface area (Å²) in [6.07, 6.45) is 2.55. The van der Waals surface area contributed by atoms with Crippen LogP contribution in [0.2, 0.25) is 0 Å². The van der Waals surface area contributed by atoms with E-state index in [0.29, 0.717) is 6.42 Å². The first-order valence-corrected chi connectivity index (χ1v) is 5.19. The summed E-state index contributed by atoms with van der Waals surface area (Å²) < 4.78 is 34.3. The number of nitrogens with two attached hydrogens (primary N) is 2. The molecule has 0 saturated carbocycles. The summed E-state index contributed by atoms with van der Waals surface area (Å²) in [5.41, 5.74) is 10.4. The Morgan fingerprint density at radius 1 is 1.23 bits per heavy atom. The summed E-state index contributed by atoms with van der Waals surface area (Å²) in [6.45, 7) is 1.97. The highest BCUT2D eigenvalue weighted by Gasteiger charge is 2.37. The molecule has 0 aromatic heterocycles. The third kappa shape index (κ3) is 8.38. The third-order valence-electron chi connectivity index (χ3n) is 1.41. The number of hydrogen-bond donors (Lipinski definition) is 2. The van der Waals surface area contributed by atoms with Gasteiger partial charge in [-0.05, 0) is 6.42 Å². The molecule has 0 spiro atoms. The molecule has 13 heavy (non-hydrogen) atoms. The van der Waals surface area contributed by atoms with Gasteiger partial charge >= 0.3 is 5.85 Å². The van der Waals surface area contributed by atoms with Crippen LogP contribution >= 0.6 is 0 Å². The maximum absolute atomic E-state index is 10.1. The van der Waals surface area contributed by atoms with Gasteiger partial charge in [-0.25, -0.2) is 0 Å². The van der Waals surface area contributed by atoms with E-state index in [2.05, 4.69) is 4.29 Å². The molecule has 0 heterocycles. The van der Waals surface area contributed by atoms with Gasteiger partial charge in [0, 0.05) is 6.42 Å². The van der Waals surface area contributed by atoms with Crippen molar-refractivity contribution in [3.05, 3.63) is 0 Å². The van der Waals surface area contributed by atoms with E-state index in [4.69, 9.17) is 11.5 Å². The molecule has 0 aromatic carbocycles. The van der Waals surface area contributed by atoms with Crippen LogP contribution in [0.1, 0.15) is 32.6 Å². The van der Waals surface area contributed by atoms with Crippen molar-refractivity contribution in [2.75, 3.05) is 0 Å². The maximum atomic E-state index is 10.1. The van der Waals surface area contributed by atoms with Gasteiger partial charge in [-0.1, -0.05) is 19.8 Å². The highest BCUT2D eigenvalue weighted by Crippen LogP contribution is 2.11. The van der Waals surface area contributed by atoms with Crippen molar-refractivity contribution in [1.29, 1.82) is 0 Å². The lowest BCUT2D eigenvalue weighted by atomic mass is 10.1. The topological polar surface area (TPSA) is 130 Å². The minimum absolute atomic E-state index is 0.134. The van der Waals surface area contributed by atoms with Gasteiger partial charge in [0.1, 0.15) is 4.29 Å². The van der Waals surface area contributed by atoms with Gasteiger partial charge in [-0.3, -0.25) is 11.5 Å². The Bertz CT molecular complexity index is 148. The van der Waals surface area contributed by atoms with E-state index in [1.54, 1.807) is 0 Å². The molecule has 80 valence electrons. The average molecular weight is 215 g/mol. The van der Waals surface area contributed by atoms with E-state index in [1.165, 1.54) is 0 Å². The minimum Gasteiger partial charge on any atom is -0.277 e. The Balaban J connectivity index is 3.80. The lowest BCUT2D eigenvalue weighted by molar-refractivity contribution is -1.92. The van der Waals surface area contributed by atoms with E-state index in [9.17, 15) is 14.0 Å². The molecule has 0 atom stereocenters. The molecule has 0 aliphatic carbocycles. The van der Waals surface area contributed by atoms with Crippen LogP contribution in [0.3, 0.4) is 0 Å². The Hall–Kier alpha value is 0.0500. The summed E-state index contributed by atoms with van der Waals surface area (Å²) in [5, 5.41) is 0. The largest absolute Gasteiger partial charge is 0.326 e. The molecule has 0 aliphatic rings. The molecule has 0 saturated heterocycles. The Morgan fingerprint density at radius 3 is 2.15 bits per heavy atom. The second-order valence-electron chi connectivity index (χ2n) is 2.87. The monoisotopic (exact) mass is 214 g/mol. The minimum atomic E-state index is -4.55. The van der Waals surface area contributed by atoms with Gasteiger partial charge in [0.2, 0.25) is 0 Å². The smallest absolute Gasteiger partial charge is 0.277 e. The quantitative estimate of drug-likeness (QED) is 0.359. The van der Waals surface area contributed by atoms with Crippen LogP contribution in [0.4, 0.5) is 0 Å². The predicted molar refractivity (Wildman–Crippen MR) is 36.3 cm³/mol. The Morgan fingerprint density at radius 2 is 1.77 bits per heavy atom. The summed E-state index contributed by atoms with van der Waals surface area (Å²) >= 11 is 0. The summed E-state index contributed by atoms with van der Waals surface area (Å²) in [6, 6.07) is 0. The number of halogens is 1. The van der Waals surface area contributed by atoms with Crippen molar-refractivity contribution >= 4 is 0 Å². The maximum Gasteiger partial charge on any atom is 0.326 e. The fourth-order valence-electron chi connectivity index (χ4n) is 0.866. The summed E-state index contributed by atoms with van der Waals surface area (Å²) in [7, 11) is -4.55.